The van der Waals surface area contributed by atoms with Crippen LogP contribution in [0.1, 0.15) is 11.1 Å². The highest BCUT2D eigenvalue weighted by Crippen LogP contribution is 2.34. The second-order valence-electron chi connectivity index (χ2n) is 6.01. The van der Waals surface area contributed by atoms with Crippen molar-refractivity contribution >= 4 is 12.4 Å². The minimum absolute atomic E-state index is 0. The summed E-state index contributed by atoms with van der Waals surface area (Å²) < 4.78 is 26.1. The molecular weight excluding hydrogens is 365 g/mol. The summed E-state index contributed by atoms with van der Waals surface area (Å²) in [6, 6.07) is 20.7. The molecule has 0 aliphatic rings. The van der Waals surface area contributed by atoms with Crippen LogP contribution in [0.25, 0.3) is 11.1 Å². The molecule has 0 heterocycles. The minimum atomic E-state index is -0.225. The highest BCUT2D eigenvalue weighted by molar-refractivity contribution is 5.85. The fourth-order valence-electron chi connectivity index (χ4n) is 2.68. The second kappa shape index (κ2) is 9.95. The number of ether oxygens (including phenoxy) is 2. The molecule has 3 rings (SSSR count). The predicted molar refractivity (Wildman–Crippen MR) is 109 cm³/mol. The molecule has 0 aliphatic heterocycles. The maximum Gasteiger partial charge on any atom is 0.162 e. The lowest BCUT2D eigenvalue weighted by atomic mass is 10.0. The van der Waals surface area contributed by atoms with Crippen molar-refractivity contribution in [3.63, 3.8) is 0 Å². The lowest BCUT2D eigenvalue weighted by Gasteiger charge is -2.15. The molecule has 0 amide bonds. The Labute approximate surface area is 165 Å². The minimum Gasteiger partial charge on any atom is -0.488 e. The third-order valence-corrected chi connectivity index (χ3v) is 4.06. The topological polar surface area (TPSA) is 44.5 Å². The molecule has 142 valence electrons. The lowest BCUT2D eigenvalue weighted by Crippen LogP contribution is -2.11. The van der Waals surface area contributed by atoms with Crippen molar-refractivity contribution in [3.8, 4) is 22.6 Å². The van der Waals surface area contributed by atoms with Crippen molar-refractivity contribution in [1.82, 2.24) is 0 Å². The summed E-state index contributed by atoms with van der Waals surface area (Å²) >= 11 is 0. The molecule has 0 fully saturated rings. The third-order valence-electron chi connectivity index (χ3n) is 4.06. The normalized spacial score (nSPS) is 10.2. The molecule has 0 unspecified atom stereocenters. The first-order chi connectivity index (χ1) is 12.7. The molecule has 3 aromatic rings. The smallest absolute Gasteiger partial charge is 0.162 e. The number of aryl methyl sites for hydroxylation is 1. The maximum atomic E-state index is 14.5. The summed E-state index contributed by atoms with van der Waals surface area (Å²) in [6.07, 6.45) is 0. The Bertz CT molecular complexity index is 871. The molecule has 0 spiro atoms. The molecule has 3 aromatic carbocycles. The molecule has 0 saturated carbocycles. The van der Waals surface area contributed by atoms with Crippen molar-refractivity contribution in [2.24, 2.45) is 5.73 Å². The zero-order chi connectivity index (χ0) is 18.4. The molecule has 0 aliphatic carbocycles. The van der Waals surface area contributed by atoms with Gasteiger partial charge in [0.15, 0.2) is 11.5 Å². The molecule has 0 saturated heterocycles. The standard InChI is InChI=1S/C22H22FNO2.ClH/c1-16-6-5-9-19(22(16)23)18-10-11-20(25-13-12-24)21(14-18)26-15-17-7-3-2-4-8-17;/h2-11,14H,12-13,15,24H2,1H3;1H. The van der Waals surface area contributed by atoms with Gasteiger partial charge >= 0.3 is 0 Å². The summed E-state index contributed by atoms with van der Waals surface area (Å²) in [6.45, 7) is 2.95. The molecule has 2 N–H and O–H groups in total. The van der Waals surface area contributed by atoms with Gasteiger partial charge in [0.2, 0.25) is 0 Å². The van der Waals surface area contributed by atoms with Crippen LogP contribution in [0.3, 0.4) is 0 Å². The first kappa shape index (κ1) is 20.7. The quantitative estimate of drug-likeness (QED) is 0.610. The Balaban J connectivity index is 0.00000261. The van der Waals surface area contributed by atoms with Crippen LogP contribution in [0.5, 0.6) is 11.5 Å². The predicted octanol–water partition coefficient (Wildman–Crippen LogP) is 5.14. The molecule has 0 bridgehead atoms. The monoisotopic (exact) mass is 387 g/mol. The van der Waals surface area contributed by atoms with Gasteiger partial charge in [-0.15, -0.1) is 12.4 Å². The zero-order valence-corrected chi connectivity index (χ0v) is 16.0. The Morgan fingerprint density at radius 1 is 0.889 bits per heavy atom. The highest BCUT2D eigenvalue weighted by atomic mass is 35.5. The van der Waals surface area contributed by atoms with Crippen LogP contribution < -0.4 is 15.2 Å². The summed E-state index contributed by atoms with van der Waals surface area (Å²) in [4.78, 5) is 0. The van der Waals surface area contributed by atoms with Crippen LogP contribution in [0.4, 0.5) is 4.39 Å². The number of rotatable bonds is 7. The van der Waals surface area contributed by atoms with E-state index in [4.69, 9.17) is 15.2 Å². The van der Waals surface area contributed by atoms with E-state index in [1.807, 2.05) is 48.5 Å². The van der Waals surface area contributed by atoms with Crippen LogP contribution >= 0.6 is 12.4 Å². The number of halogens is 2. The fourth-order valence-corrected chi connectivity index (χ4v) is 2.68. The van der Waals surface area contributed by atoms with Gasteiger partial charge in [-0.25, -0.2) is 4.39 Å². The van der Waals surface area contributed by atoms with Crippen LogP contribution in [0.2, 0.25) is 0 Å². The van der Waals surface area contributed by atoms with E-state index < -0.39 is 0 Å². The summed E-state index contributed by atoms with van der Waals surface area (Å²) in [5.74, 6) is 0.945. The van der Waals surface area contributed by atoms with Gasteiger partial charge in [0, 0.05) is 12.1 Å². The van der Waals surface area contributed by atoms with E-state index in [0.717, 1.165) is 11.1 Å². The van der Waals surface area contributed by atoms with Crippen molar-refractivity contribution < 1.29 is 13.9 Å². The largest absolute Gasteiger partial charge is 0.488 e. The van der Waals surface area contributed by atoms with Crippen LogP contribution in [-0.2, 0) is 6.61 Å². The Hall–Kier alpha value is -2.56. The average Bonchev–Trinajstić information content (AvgIpc) is 2.68. The van der Waals surface area contributed by atoms with E-state index >= 15 is 0 Å². The van der Waals surface area contributed by atoms with E-state index in [2.05, 4.69) is 0 Å². The van der Waals surface area contributed by atoms with Gasteiger partial charge in [0.1, 0.15) is 19.0 Å². The summed E-state index contributed by atoms with van der Waals surface area (Å²) in [7, 11) is 0. The first-order valence-corrected chi connectivity index (χ1v) is 8.58. The Morgan fingerprint density at radius 2 is 1.67 bits per heavy atom. The number of hydrogen-bond donors (Lipinski definition) is 1. The van der Waals surface area contributed by atoms with E-state index in [-0.39, 0.29) is 18.2 Å². The van der Waals surface area contributed by atoms with E-state index in [9.17, 15) is 4.39 Å². The Morgan fingerprint density at radius 3 is 2.41 bits per heavy atom. The first-order valence-electron chi connectivity index (χ1n) is 8.58. The van der Waals surface area contributed by atoms with Gasteiger partial charge in [0.05, 0.1) is 0 Å². The second-order valence-corrected chi connectivity index (χ2v) is 6.01. The number of benzene rings is 3. The SMILES string of the molecule is Cc1cccc(-c2ccc(OCCN)c(OCc3ccccc3)c2)c1F.Cl. The molecule has 0 radical (unpaired) electrons. The van der Waals surface area contributed by atoms with Crippen molar-refractivity contribution in [2.45, 2.75) is 13.5 Å². The molecule has 5 heteroatoms. The molecule has 27 heavy (non-hydrogen) atoms. The Kier molecular flexibility index (Phi) is 7.65. The van der Waals surface area contributed by atoms with Gasteiger partial charge in [0.25, 0.3) is 0 Å². The molecule has 3 nitrogen and oxygen atoms in total. The van der Waals surface area contributed by atoms with Crippen LogP contribution in [0, 0.1) is 12.7 Å². The average molecular weight is 388 g/mol. The third kappa shape index (κ3) is 5.22. The van der Waals surface area contributed by atoms with Crippen molar-refractivity contribution in [3.05, 3.63) is 83.7 Å². The molecule has 0 atom stereocenters. The lowest BCUT2D eigenvalue weighted by molar-refractivity contribution is 0.266. The van der Waals surface area contributed by atoms with Crippen molar-refractivity contribution in [2.75, 3.05) is 13.2 Å². The van der Waals surface area contributed by atoms with E-state index in [1.165, 1.54) is 0 Å². The van der Waals surface area contributed by atoms with Gasteiger partial charge in [-0.3, -0.25) is 0 Å². The van der Waals surface area contributed by atoms with E-state index in [1.54, 1.807) is 25.1 Å². The molecular formula is C22H23ClFNO2. The van der Waals surface area contributed by atoms with Gasteiger partial charge in [-0.2, -0.15) is 0 Å². The summed E-state index contributed by atoms with van der Waals surface area (Å²) in [5, 5.41) is 0. The number of nitrogens with two attached hydrogens (primary N) is 1. The van der Waals surface area contributed by atoms with Crippen molar-refractivity contribution in [1.29, 1.82) is 0 Å². The fraction of sp³-hybridized carbons (Fsp3) is 0.182. The molecule has 0 aromatic heterocycles. The number of hydrogen-bond acceptors (Lipinski definition) is 3. The maximum absolute atomic E-state index is 14.5. The van der Waals surface area contributed by atoms with Crippen LogP contribution in [0.15, 0.2) is 66.7 Å². The summed E-state index contributed by atoms with van der Waals surface area (Å²) in [5.41, 5.74) is 8.47. The zero-order valence-electron chi connectivity index (χ0n) is 15.2. The van der Waals surface area contributed by atoms with Gasteiger partial charge in [-0.1, -0.05) is 54.6 Å². The van der Waals surface area contributed by atoms with Gasteiger partial charge < -0.3 is 15.2 Å². The van der Waals surface area contributed by atoms with Crippen LogP contribution in [-0.4, -0.2) is 13.2 Å². The van der Waals surface area contributed by atoms with Gasteiger partial charge in [-0.05, 0) is 35.7 Å². The highest BCUT2D eigenvalue weighted by Gasteiger charge is 2.12. The van der Waals surface area contributed by atoms with E-state index in [0.29, 0.717) is 42.4 Å².